The second kappa shape index (κ2) is 3.85. The molecule has 0 fully saturated rings. The summed E-state index contributed by atoms with van der Waals surface area (Å²) in [5.74, 6) is 0.208. The average Bonchev–Trinajstić information content (AvgIpc) is 1.98. The lowest BCUT2D eigenvalue weighted by molar-refractivity contribution is -0.0503. The van der Waals surface area contributed by atoms with Crippen LogP contribution in [0.1, 0.15) is 5.56 Å². The predicted molar refractivity (Wildman–Crippen MR) is 45.5 cm³/mol. The highest BCUT2D eigenvalue weighted by molar-refractivity contribution is 9.10. The van der Waals surface area contributed by atoms with Gasteiger partial charge >= 0.3 is 6.61 Å². The van der Waals surface area contributed by atoms with Gasteiger partial charge in [-0.25, -0.2) is 0 Å². The molecule has 0 aliphatic heterocycles. The summed E-state index contributed by atoms with van der Waals surface area (Å²) in [5.41, 5.74) is 0.679. The van der Waals surface area contributed by atoms with Crippen LogP contribution in [0, 0.1) is 6.92 Å². The monoisotopic (exact) mass is 236 g/mol. The molecular weight excluding hydrogens is 230 g/mol. The molecule has 1 rings (SSSR count). The van der Waals surface area contributed by atoms with E-state index in [4.69, 9.17) is 0 Å². The number of benzene rings is 1. The van der Waals surface area contributed by atoms with Gasteiger partial charge in [0, 0.05) is 10.0 Å². The summed E-state index contributed by atoms with van der Waals surface area (Å²) in [5, 5.41) is 0. The smallest absolute Gasteiger partial charge is 0.387 e. The van der Waals surface area contributed by atoms with Gasteiger partial charge in [-0.1, -0.05) is 22.0 Å². The van der Waals surface area contributed by atoms with Crippen molar-refractivity contribution in [3.05, 3.63) is 28.2 Å². The number of hydrogen-bond donors (Lipinski definition) is 0. The van der Waals surface area contributed by atoms with Crippen molar-refractivity contribution in [2.45, 2.75) is 13.5 Å². The van der Waals surface area contributed by atoms with Gasteiger partial charge in [-0.2, -0.15) is 8.78 Å². The van der Waals surface area contributed by atoms with E-state index in [1.807, 2.05) is 0 Å². The van der Waals surface area contributed by atoms with Gasteiger partial charge in [0.05, 0.1) is 0 Å². The molecule has 0 aliphatic carbocycles. The quantitative estimate of drug-likeness (QED) is 0.766. The molecule has 0 aliphatic rings. The highest BCUT2D eigenvalue weighted by atomic mass is 79.9. The van der Waals surface area contributed by atoms with Gasteiger partial charge in [-0.15, -0.1) is 0 Å². The summed E-state index contributed by atoms with van der Waals surface area (Å²) in [6, 6.07) is 4.93. The molecule has 0 atom stereocenters. The predicted octanol–water partition coefficient (Wildman–Crippen LogP) is 3.36. The molecule has 4 heteroatoms. The van der Waals surface area contributed by atoms with Gasteiger partial charge in [0.1, 0.15) is 5.75 Å². The summed E-state index contributed by atoms with van der Waals surface area (Å²) in [6.45, 7) is -1.06. The van der Waals surface area contributed by atoms with Crippen molar-refractivity contribution in [1.82, 2.24) is 0 Å². The van der Waals surface area contributed by atoms with Crippen molar-refractivity contribution in [3.8, 4) is 5.75 Å². The van der Waals surface area contributed by atoms with Gasteiger partial charge in [0.2, 0.25) is 0 Å². The fourth-order valence-corrected chi connectivity index (χ4v) is 1.16. The molecule has 1 aromatic rings. The maximum absolute atomic E-state index is 11.8. The lowest BCUT2D eigenvalue weighted by Crippen LogP contribution is -2.03. The zero-order valence-electron chi connectivity index (χ0n) is 6.35. The molecule has 0 radical (unpaired) electrons. The zero-order chi connectivity index (χ0) is 9.14. The van der Waals surface area contributed by atoms with Crippen LogP contribution in [0.2, 0.25) is 0 Å². The highest BCUT2D eigenvalue weighted by Gasteiger charge is 2.07. The van der Waals surface area contributed by atoms with Gasteiger partial charge in [-0.05, 0) is 19.1 Å². The average molecular weight is 237 g/mol. The molecule has 0 amide bonds. The van der Waals surface area contributed by atoms with Crippen molar-refractivity contribution in [1.29, 1.82) is 0 Å². The largest absolute Gasteiger partial charge is 0.435 e. The Morgan fingerprint density at radius 2 is 2.08 bits per heavy atom. The van der Waals surface area contributed by atoms with Crippen molar-refractivity contribution in [2.75, 3.05) is 0 Å². The number of halogens is 3. The van der Waals surface area contributed by atoms with Crippen LogP contribution in [0.25, 0.3) is 0 Å². The normalized spacial score (nSPS) is 10.4. The maximum atomic E-state index is 11.8. The van der Waals surface area contributed by atoms with E-state index in [2.05, 4.69) is 20.7 Å². The molecule has 1 nitrogen and oxygen atoms in total. The number of alkyl halides is 2. The van der Waals surface area contributed by atoms with Gasteiger partial charge in [0.25, 0.3) is 0 Å². The SMILES string of the molecule is Cc1c(Br)cccc1OC(F)F. The maximum Gasteiger partial charge on any atom is 0.387 e. The summed E-state index contributed by atoms with van der Waals surface area (Å²) < 4.78 is 28.6. The molecule has 1 aromatic carbocycles. The van der Waals surface area contributed by atoms with Crippen LogP contribution in [-0.4, -0.2) is 6.61 Å². The Labute approximate surface area is 77.5 Å². The number of rotatable bonds is 2. The third-order valence-electron chi connectivity index (χ3n) is 1.43. The van der Waals surface area contributed by atoms with Crippen LogP contribution in [0.15, 0.2) is 22.7 Å². The second-order valence-electron chi connectivity index (χ2n) is 2.24. The Hall–Kier alpha value is -0.640. The van der Waals surface area contributed by atoms with Crippen LogP contribution >= 0.6 is 15.9 Å². The van der Waals surface area contributed by atoms with E-state index in [1.54, 1.807) is 19.1 Å². The minimum absolute atomic E-state index is 0.208. The van der Waals surface area contributed by atoms with Gasteiger partial charge < -0.3 is 4.74 Å². The molecule has 12 heavy (non-hydrogen) atoms. The summed E-state index contributed by atoms with van der Waals surface area (Å²) in [4.78, 5) is 0. The Bertz CT molecular complexity index is 276. The van der Waals surface area contributed by atoms with E-state index in [0.29, 0.717) is 5.56 Å². The first-order valence-corrected chi connectivity index (χ1v) is 4.10. The van der Waals surface area contributed by atoms with Crippen LogP contribution in [0.3, 0.4) is 0 Å². The minimum Gasteiger partial charge on any atom is -0.435 e. The molecule has 0 saturated heterocycles. The molecule has 0 unspecified atom stereocenters. The molecule has 66 valence electrons. The van der Waals surface area contributed by atoms with Crippen LogP contribution in [-0.2, 0) is 0 Å². The first-order chi connectivity index (χ1) is 5.61. The van der Waals surface area contributed by atoms with Crippen LogP contribution in [0.4, 0.5) is 8.78 Å². The molecule has 0 saturated carbocycles. The lowest BCUT2D eigenvalue weighted by Gasteiger charge is -2.07. The first kappa shape index (κ1) is 9.45. The molecule has 0 aromatic heterocycles. The summed E-state index contributed by atoms with van der Waals surface area (Å²) in [6.07, 6.45) is 0. The lowest BCUT2D eigenvalue weighted by atomic mass is 10.2. The van der Waals surface area contributed by atoms with Gasteiger partial charge in [-0.3, -0.25) is 0 Å². The Balaban J connectivity index is 2.92. The fourth-order valence-electron chi connectivity index (χ4n) is 0.811. The van der Waals surface area contributed by atoms with E-state index >= 15 is 0 Å². The van der Waals surface area contributed by atoms with E-state index in [1.165, 1.54) is 6.07 Å². The first-order valence-electron chi connectivity index (χ1n) is 3.31. The molecule has 0 bridgehead atoms. The van der Waals surface area contributed by atoms with Crippen molar-refractivity contribution in [2.24, 2.45) is 0 Å². The third-order valence-corrected chi connectivity index (χ3v) is 2.29. The zero-order valence-corrected chi connectivity index (χ0v) is 7.94. The Morgan fingerprint density at radius 3 is 2.67 bits per heavy atom. The summed E-state index contributed by atoms with van der Waals surface area (Å²) in [7, 11) is 0. The Kier molecular flexibility index (Phi) is 3.03. The molecule has 0 heterocycles. The van der Waals surface area contributed by atoms with Gasteiger partial charge in [0.15, 0.2) is 0 Å². The topological polar surface area (TPSA) is 9.23 Å². The Morgan fingerprint density at radius 1 is 1.42 bits per heavy atom. The van der Waals surface area contributed by atoms with E-state index < -0.39 is 6.61 Å². The van der Waals surface area contributed by atoms with Crippen molar-refractivity contribution >= 4 is 15.9 Å². The van der Waals surface area contributed by atoms with E-state index in [0.717, 1.165) is 4.47 Å². The second-order valence-corrected chi connectivity index (χ2v) is 3.10. The van der Waals surface area contributed by atoms with Crippen molar-refractivity contribution in [3.63, 3.8) is 0 Å². The third kappa shape index (κ3) is 2.17. The molecule has 0 N–H and O–H groups in total. The number of ether oxygens (including phenoxy) is 1. The number of hydrogen-bond acceptors (Lipinski definition) is 1. The molecule has 0 spiro atoms. The fraction of sp³-hybridized carbons (Fsp3) is 0.250. The van der Waals surface area contributed by atoms with Crippen LogP contribution in [0.5, 0.6) is 5.75 Å². The van der Waals surface area contributed by atoms with E-state index in [-0.39, 0.29) is 5.75 Å². The van der Waals surface area contributed by atoms with Crippen LogP contribution < -0.4 is 4.74 Å². The summed E-state index contributed by atoms with van der Waals surface area (Å²) >= 11 is 3.21. The minimum atomic E-state index is -2.77. The highest BCUT2D eigenvalue weighted by Crippen LogP contribution is 2.26. The standard InChI is InChI=1S/C8H7BrF2O/c1-5-6(9)3-2-4-7(5)12-8(10)11/h2-4,8H,1H3. The van der Waals surface area contributed by atoms with Crippen molar-refractivity contribution < 1.29 is 13.5 Å². The van der Waals surface area contributed by atoms with E-state index in [9.17, 15) is 8.78 Å². The molecular formula is C8H7BrF2O.